The second-order valence-electron chi connectivity index (χ2n) is 4.00. The molecule has 1 aliphatic heterocycles. The highest BCUT2D eigenvalue weighted by Crippen LogP contribution is 2.29. The fraction of sp³-hybridized carbons (Fsp3) is 1.00. The molecule has 8 N–H and O–H groups in total. The van der Waals surface area contributed by atoms with Gasteiger partial charge in [-0.05, 0) is 4.57 Å². The van der Waals surface area contributed by atoms with Gasteiger partial charge in [-0.3, -0.25) is 0 Å². The lowest BCUT2D eigenvalue weighted by Crippen LogP contribution is -2.68. The molecule has 1 aliphatic rings. The van der Waals surface area contributed by atoms with Crippen LogP contribution in [0.1, 0.15) is 0 Å². The molecule has 0 aromatic rings. The van der Waals surface area contributed by atoms with Crippen molar-refractivity contribution in [2.75, 3.05) is 13.2 Å². The summed E-state index contributed by atoms with van der Waals surface area (Å²) in [5.41, 5.74) is 0. The molecular formula is C8H17O11P. The largest absolute Gasteiger partial charge is 0.567 e. The summed E-state index contributed by atoms with van der Waals surface area (Å²) in [4.78, 5) is 15.6. The van der Waals surface area contributed by atoms with Crippen LogP contribution in [0.5, 0.6) is 0 Å². The molecule has 0 aromatic heterocycles. The van der Waals surface area contributed by atoms with Gasteiger partial charge in [-0.25, -0.2) is 0 Å². The van der Waals surface area contributed by atoms with E-state index in [0.717, 1.165) is 0 Å². The van der Waals surface area contributed by atoms with Gasteiger partial charge in [-0.1, -0.05) is 0 Å². The van der Waals surface area contributed by atoms with Crippen LogP contribution in [0.25, 0.3) is 0 Å². The predicted molar refractivity (Wildman–Crippen MR) is 57.8 cm³/mol. The van der Waals surface area contributed by atoms with Crippen molar-refractivity contribution in [3.63, 3.8) is 0 Å². The Morgan fingerprint density at radius 1 is 1.25 bits per heavy atom. The van der Waals surface area contributed by atoms with Gasteiger partial charge in [0.2, 0.25) is 5.79 Å². The lowest BCUT2D eigenvalue weighted by Gasteiger charge is -2.45. The van der Waals surface area contributed by atoms with Crippen molar-refractivity contribution in [2.45, 2.75) is 36.3 Å². The lowest BCUT2D eigenvalue weighted by molar-refractivity contribution is -0.365. The first-order chi connectivity index (χ1) is 9.10. The first kappa shape index (κ1) is 19.7. The third-order valence-corrected chi connectivity index (χ3v) is 2.61. The molecule has 0 aromatic carbocycles. The molecule has 3 unspecified atom stereocenters. The van der Waals surface area contributed by atoms with Crippen LogP contribution in [0, 0.1) is 0 Å². The summed E-state index contributed by atoms with van der Waals surface area (Å²) in [6.07, 6.45) is -8.49. The topological polar surface area (TPSA) is 211 Å². The monoisotopic (exact) mass is 320 g/mol. The summed E-state index contributed by atoms with van der Waals surface area (Å²) in [5, 5.41) is 64.5. The van der Waals surface area contributed by atoms with Crippen LogP contribution < -0.4 is 4.89 Å². The van der Waals surface area contributed by atoms with E-state index in [2.05, 4.69) is 0 Å². The third kappa shape index (κ3) is 4.91. The van der Waals surface area contributed by atoms with E-state index in [4.69, 9.17) is 29.3 Å². The maximum absolute atomic E-state index is 9.57. The molecule has 1 heterocycles. The van der Waals surface area contributed by atoms with Crippen LogP contribution in [0.2, 0.25) is 0 Å². The summed E-state index contributed by atoms with van der Waals surface area (Å²) in [5.74, 6) is -2.49. The van der Waals surface area contributed by atoms with Crippen molar-refractivity contribution in [3.05, 3.63) is 0 Å². The molecule has 0 saturated carbocycles. The van der Waals surface area contributed by atoms with Gasteiger partial charge in [-0.2, -0.15) is 4.89 Å². The van der Waals surface area contributed by atoms with E-state index in [1.165, 1.54) is 0 Å². The molecule has 12 heteroatoms. The molecule has 0 aliphatic carbocycles. The Labute approximate surface area is 113 Å². The minimum atomic E-state index is -3.12. The summed E-state index contributed by atoms with van der Waals surface area (Å²) in [7, 11) is -3.12. The third-order valence-electron chi connectivity index (χ3n) is 2.61. The van der Waals surface area contributed by atoms with Gasteiger partial charge in [0.05, 0.1) is 13.2 Å². The Morgan fingerprint density at radius 3 is 2.05 bits per heavy atom. The van der Waals surface area contributed by atoms with Crippen LogP contribution in [0.15, 0.2) is 0 Å². The highest BCUT2D eigenvalue weighted by Gasteiger charge is 2.54. The van der Waals surface area contributed by atoms with E-state index in [0.29, 0.717) is 0 Å². The average Bonchev–Trinajstić information content (AvgIpc) is 2.39. The Bertz CT molecular complexity index is 309. The maximum atomic E-state index is 9.57. The fourth-order valence-corrected chi connectivity index (χ4v) is 1.56. The summed E-state index contributed by atoms with van der Waals surface area (Å²) in [6, 6.07) is 0. The summed E-state index contributed by atoms with van der Waals surface area (Å²) < 4.78 is 13.3. The molecule has 1 saturated heterocycles. The highest BCUT2D eigenvalue weighted by molar-refractivity contribution is 7.29. The summed E-state index contributed by atoms with van der Waals surface area (Å²) in [6.45, 7) is -1.81. The average molecular weight is 320 g/mol. The number of ether oxygens (including phenoxy) is 1. The van der Waals surface area contributed by atoms with Gasteiger partial charge in [-0.15, -0.1) is 0 Å². The van der Waals surface area contributed by atoms with E-state index in [1.54, 1.807) is 0 Å². The zero-order valence-corrected chi connectivity index (χ0v) is 10.9. The Balaban J connectivity index is 0.000000796. The van der Waals surface area contributed by atoms with Crippen molar-refractivity contribution in [3.8, 4) is 0 Å². The van der Waals surface area contributed by atoms with E-state index >= 15 is 0 Å². The molecule has 20 heavy (non-hydrogen) atoms. The number of aliphatic hydroxyl groups is 7. The zero-order chi connectivity index (χ0) is 16.1. The van der Waals surface area contributed by atoms with Crippen LogP contribution >= 0.6 is 8.25 Å². The number of rotatable bonds is 3. The lowest BCUT2D eigenvalue weighted by atomic mass is 9.90. The number of hydrogen-bond acceptors (Lipinski definition) is 10. The highest BCUT2D eigenvalue weighted by atomic mass is 31.1. The molecule has 1 rings (SSSR count). The number of hydrogen-bond donors (Lipinski definition) is 8. The maximum Gasteiger partial charge on any atom is 0.485 e. The van der Waals surface area contributed by atoms with Crippen LogP contribution in [0.4, 0.5) is 0 Å². The fourth-order valence-electron chi connectivity index (χ4n) is 1.56. The Kier molecular flexibility index (Phi) is 8.09. The Hall–Kier alpha value is -0.300. The van der Waals surface area contributed by atoms with Crippen LogP contribution in [-0.2, 0) is 9.30 Å². The van der Waals surface area contributed by atoms with Crippen LogP contribution in [-0.4, -0.2) is 90.2 Å². The van der Waals surface area contributed by atoms with Gasteiger partial charge in [0.1, 0.15) is 30.5 Å². The molecule has 7 atom stereocenters. The van der Waals surface area contributed by atoms with Crippen molar-refractivity contribution in [2.24, 2.45) is 0 Å². The van der Waals surface area contributed by atoms with Gasteiger partial charge < -0.3 is 45.4 Å². The van der Waals surface area contributed by atoms with E-state index in [9.17, 15) is 25.5 Å². The van der Waals surface area contributed by atoms with Crippen molar-refractivity contribution in [1.82, 2.24) is 0 Å². The van der Waals surface area contributed by atoms with Crippen LogP contribution in [0.3, 0.4) is 0 Å². The smallest absolute Gasteiger partial charge is 0.485 e. The zero-order valence-electron chi connectivity index (χ0n) is 10.1. The second-order valence-corrected chi connectivity index (χ2v) is 4.47. The molecule has 0 amide bonds. The second kappa shape index (κ2) is 8.22. The van der Waals surface area contributed by atoms with Crippen molar-refractivity contribution >= 4 is 8.25 Å². The number of aliphatic hydroxyl groups excluding tert-OH is 6. The van der Waals surface area contributed by atoms with E-state index in [1.807, 2.05) is 0 Å². The Morgan fingerprint density at radius 2 is 1.70 bits per heavy atom. The molecule has 1 fully saturated rings. The molecule has 120 valence electrons. The quantitative estimate of drug-likeness (QED) is 0.230. The van der Waals surface area contributed by atoms with E-state index < -0.39 is 57.8 Å². The van der Waals surface area contributed by atoms with Crippen molar-refractivity contribution in [1.29, 1.82) is 0 Å². The van der Waals surface area contributed by atoms with Crippen molar-refractivity contribution < 1.29 is 54.8 Å². The summed E-state index contributed by atoms with van der Waals surface area (Å²) >= 11 is 0. The first-order valence-corrected chi connectivity index (χ1v) is 6.41. The predicted octanol–water partition coefficient (Wildman–Crippen LogP) is -5.50. The minimum absolute atomic E-state index is 0.772. The van der Waals surface area contributed by atoms with E-state index in [-0.39, 0.29) is 0 Å². The van der Waals surface area contributed by atoms with Gasteiger partial charge in [0, 0.05) is 0 Å². The van der Waals surface area contributed by atoms with Gasteiger partial charge in [0.25, 0.3) is 0 Å². The molecular weight excluding hydrogens is 303 g/mol. The normalized spacial score (nSPS) is 39.5. The van der Waals surface area contributed by atoms with Gasteiger partial charge in [0.15, 0.2) is 0 Å². The molecule has 11 nitrogen and oxygen atoms in total. The first-order valence-electron chi connectivity index (χ1n) is 5.28. The molecule has 0 bridgehead atoms. The standard InChI is InChI=1S/C8H16O8.HO3P/c9-1-3(11)6-4(12)5(13)7(14)8(15,2-10)16-6;1-4(2)3/h3-7,9-15H,1-2H2;(H,1,2,3)/t3-,4+,5+,6?,7?,8+;/m1./s1. The SMILES string of the molecule is O=[P+]([O-])O.OC[C@@H](O)C1O[C@@](O)(CO)C(O)[C@@H](O)[C@@H]1O. The molecule has 0 spiro atoms. The minimum Gasteiger partial charge on any atom is -0.567 e. The molecule has 0 radical (unpaired) electrons. The van der Waals surface area contributed by atoms with Gasteiger partial charge >= 0.3 is 8.25 Å².